The highest BCUT2D eigenvalue weighted by Crippen LogP contribution is 2.18. The van der Waals surface area contributed by atoms with Crippen molar-refractivity contribution in [1.29, 1.82) is 0 Å². The highest BCUT2D eigenvalue weighted by atomic mass is 16.5. The van der Waals surface area contributed by atoms with Crippen LogP contribution < -0.4 is 14.8 Å². The van der Waals surface area contributed by atoms with Crippen LogP contribution in [0.2, 0.25) is 0 Å². The number of nitrogens with one attached hydrogen (secondary N) is 1. The fraction of sp³-hybridized carbons (Fsp3) is 0.600. The zero-order chi connectivity index (χ0) is 14.8. The number of ether oxygens (including phenoxy) is 2. The second kappa shape index (κ2) is 8.53. The van der Waals surface area contributed by atoms with Gasteiger partial charge in [-0.1, -0.05) is 20.8 Å². The molecule has 0 aliphatic heterocycles. The molecule has 0 radical (unpaired) electrons. The average molecular weight is 280 g/mol. The molecule has 0 amide bonds. The van der Waals surface area contributed by atoms with E-state index in [4.69, 9.17) is 9.47 Å². The number of pyridine rings is 1. The molecule has 1 rings (SSSR count). The van der Waals surface area contributed by atoms with Crippen molar-refractivity contribution in [1.82, 2.24) is 10.3 Å². The Morgan fingerprint density at radius 1 is 1.30 bits per heavy atom. The summed E-state index contributed by atoms with van der Waals surface area (Å²) in [6, 6.07) is 3.61. The van der Waals surface area contributed by atoms with E-state index in [1.807, 2.05) is 19.9 Å². The van der Waals surface area contributed by atoms with Gasteiger partial charge in [0.25, 0.3) is 0 Å². The second-order valence-electron chi connectivity index (χ2n) is 5.24. The van der Waals surface area contributed by atoms with Crippen LogP contribution in [0.15, 0.2) is 18.3 Å². The van der Waals surface area contributed by atoms with Gasteiger partial charge in [0.1, 0.15) is 18.6 Å². The van der Waals surface area contributed by atoms with Gasteiger partial charge in [0.15, 0.2) is 0 Å². The Kier molecular flexibility index (Phi) is 7.01. The topological polar surface area (TPSA) is 60.5 Å². The third-order valence-electron chi connectivity index (χ3n) is 2.82. The molecule has 0 spiro atoms. The third-order valence-corrected chi connectivity index (χ3v) is 2.82. The Morgan fingerprint density at radius 3 is 2.70 bits per heavy atom. The van der Waals surface area contributed by atoms with Crippen molar-refractivity contribution < 1.29 is 14.3 Å². The van der Waals surface area contributed by atoms with Gasteiger partial charge in [-0.2, -0.15) is 0 Å². The fourth-order valence-corrected chi connectivity index (χ4v) is 1.43. The number of rotatable bonds is 10. The molecule has 0 bridgehead atoms. The summed E-state index contributed by atoms with van der Waals surface area (Å²) >= 11 is 0. The Labute approximate surface area is 120 Å². The van der Waals surface area contributed by atoms with E-state index in [-0.39, 0.29) is 5.41 Å². The first kappa shape index (κ1) is 16.4. The molecule has 0 aromatic carbocycles. The van der Waals surface area contributed by atoms with E-state index in [1.54, 1.807) is 12.3 Å². The van der Waals surface area contributed by atoms with E-state index in [1.165, 1.54) is 0 Å². The van der Waals surface area contributed by atoms with Gasteiger partial charge < -0.3 is 19.6 Å². The van der Waals surface area contributed by atoms with Crippen LogP contribution in [0.5, 0.6) is 11.6 Å². The van der Waals surface area contributed by atoms with Crippen LogP contribution in [0.3, 0.4) is 0 Å². The van der Waals surface area contributed by atoms with Gasteiger partial charge in [0.05, 0.1) is 12.8 Å². The van der Waals surface area contributed by atoms with Gasteiger partial charge in [-0.25, -0.2) is 4.98 Å². The summed E-state index contributed by atoms with van der Waals surface area (Å²) in [5.41, 5.74) is -0.344. The molecule has 0 aliphatic rings. The Balaban J connectivity index is 2.30. The molecule has 1 aromatic rings. The number of carbonyl (C=O) groups is 1. The summed E-state index contributed by atoms with van der Waals surface area (Å²) in [7, 11) is 0. The number of hydrogen-bond acceptors (Lipinski definition) is 5. The quantitative estimate of drug-likeness (QED) is 0.525. The Morgan fingerprint density at radius 2 is 2.10 bits per heavy atom. The van der Waals surface area contributed by atoms with Crippen molar-refractivity contribution in [3.8, 4) is 11.6 Å². The number of nitrogens with zero attached hydrogens (tertiary/aromatic N) is 1. The van der Waals surface area contributed by atoms with E-state index < -0.39 is 0 Å². The van der Waals surface area contributed by atoms with Crippen LogP contribution in [0.4, 0.5) is 0 Å². The number of likely N-dealkylation sites (N-methyl/N-ethyl adjacent to an activating group) is 1. The smallest absolute Gasteiger partial charge is 0.213 e. The molecule has 1 aromatic heterocycles. The molecule has 5 nitrogen and oxygen atoms in total. The van der Waals surface area contributed by atoms with E-state index in [2.05, 4.69) is 17.2 Å². The minimum Gasteiger partial charge on any atom is -0.492 e. The molecule has 0 saturated carbocycles. The maximum atomic E-state index is 10.8. The average Bonchev–Trinajstić information content (AvgIpc) is 2.45. The molecule has 20 heavy (non-hydrogen) atoms. The number of carbonyl (C=O) groups excluding carboxylic acids is 1. The fourth-order valence-electron chi connectivity index (χ4n) is 1.43. The van der Waals surface area contributed by atoms with Gasteiger partial charge in [0, 0.05) is 18.0 Å². The zero-order valence-electron chi connectivity index (χ0n) is 12.5. The summed E-state index contributed by atoms with van der Waals surface area (Å²) in [5.74, 6) is 1.27. The SMILES string of the molecule is CCNCCOc1ccc(OCCC(C)(C)C=O)cn1. The molecule has 0 saturated heterocycles. The van der Waals surface area contributed by atoms with Crippen LogP contribution >= 0.6 is 0 Å². The Hall–Kier alpha value is -1.62. The predicted molar refractivity (Wildman–Crippen MR) is 78.2 cm³/mol. The number of aromatic nitrogens is 1. The highest BCUT2D eigenvalue weighted by Gasteiger charge is 2.16. The van der Waals surface area contributed by atoms with Gasteiger partial charge in [0.2, 0.25) is 5.88 Å². The highest BCUT2D eigenvalue weighted by molar-refractivity contribution is 5.57. The first-order valence-corrected chi connectivity index (χ1v) is 6.96. The van der Waals surface area contributed by atoms with Crippen LogP contribution in [0.25, 0.3) is 0 Å². The largest absolute Gasteiger partial charge is 0.492 e. The molecular weight excluding hydrogens is 256 g/mol. The van der Waals surface area contributed by atoms with E-state index in [0.717, 1.165) is 19.4 Å². The minimum atomic E-state index is -0.344. The molecule has 112 valence electrons. The normalized spacial score (nSPS) is 11.2. The number of hydrogen-bond donors (Lipinski definition) is 1. The van der Waals surface area contributed by atoms with Gasteiger partial charge in [-0.15, -0.1) is 0 Å². The third kappa shape index (κ3) is 6.52. The standard InChI is InChI=1S/C15H24N2O3/c1-4-16-8-10-20-14-6-5-13(11-17-14)19-9-7-15(2,3)12-18/h5-6,11-12,16H,4,7-10H2,1-3H3. The van der Waals surface area contributed by atoms with E-state index in [0.29, 0.717) is 31.3 Å². The molecular formula is C15H24N2O3. The molecule has 5 heteroatoms. The maximum absolute atomic E-state index is 10.8. The lowest BCUT2D eigenvalue weighted by Crippen LogP contribution is -2.20. The lowest BCUT2D eigenvalue weighted by Gasteiger charge is -2.16. The second-order valence-corrected chi connectivity index (χ2v) is 5.24. The summed E-state index contributed by atoms with van der Waals surface area (Å²) in [4.78, 5) is 14.9. The summed E-state index contributed by atoms with van der Waals surface area (Å²) in [5, 5.41) is 3.17. The van der Waals surface area contributed by atoms with E-state index in [9.17, 15) is 4.79 Å². The van der Waals surface area contributed by atoms with Gasteiger partial charge in [-0.05, 0) is 19.0 Å². The summed E-state index contributed by atoms with van der Waals surface area (Å²) in [6.07, 6.45) is 3.27. The van der Waals surface area contributed by atoms with Crippen molar-refractivity contribution in [2.45, 2.75) is 27.2 Å². The zero-order valence-corrected chi connectivity index (χ0v) is 12.5. The Bertz CT molecular complexity index is 391. The van der Waals surface area contributed by atoms with Crippen molar-refractivity contribution in [2.24, 2.45) is 5.41 Å². The lowest BCUT2D eigenvalue weighted by atomic mass is 9.92. The summed E-state index contributed by atoms with van der Waals surface area (Å²) < 4.78 is 11.0. The molecule has 1 N–H and O–H groups in total. The van der Waals surface area contributed by atoms with Crippen molar-refractivity contribution >= 4 is 6.29 Å². The molecule has 0 unspecified atom stereocenters. The summed E-state index contributed by atoms with van der Waals surface area (Å²) in [6.45, 7) is 8.66. The minimum absolute atomic E-state index is 0.344. The van der Waals surface area contributed by atoms with Crippen LogP contribution in [-0.4, -0.2) is 37.6 Å². The van der Waals surface area contributed by atoms with Gasteiger partial charge in [-0.3, -0.25) is 0 Å². The van der Waals surface area contributed by atoms with Crippen molar-refractivity contribution in [2.75, 3.05) is 26.3 Å². The molecule has 0 atom stereocenters. The predicted octanol–water partition coefficient (Wildman–Crippen LogP) is 2.06. The van der Waals surface area contributed by atoms with Crippen molar-refractivity contribution in [3.05, 3.63) is 18.3 Å². The van der Waals surface area contributed by atoms with Crippen molar-refractivity contribution in [3.63, 3.8) is 0 Å². The van der Waals surface area contributed by atoms with Crippen LogP contribution in [-0.2, 0) is 4.79 Å². The first-order valence-electron chi connectivity index (χ1n) is 6.96. The van der Waals surface area contributed by atoms with Crippen LogP contribution in [0.1, 0.15) is 27.2 Å². The maximum Gasteiger partial charge on any atom is 0.213 e. The molecule has 0 fully saturated rings. The molecule has 1 heterocycles. The first-order chi connectivity index (χ1) is 9.57. The van der Waals surface area contributed by atoms with Gasteiger partial charge >= 0.3 is 0 Å². The van der Waals surface area contributed by atoms with Crippen LogP contribution in [0, 0.1) is 5.41 Å². The molecule has 0 aliphatic carbocycles. The lowest BCUT2D eigenvalue weighted by molar-refractivity contribution is -0.115. The number of aldehydes is 1. The van der Waals surface area contributed by atoms with E-state index >= 15 is 0 Å². The monoisotopic (exact) mass is 280 g/mol.